The first kappa shape index (κ1) is 58.0. The van der Waals surface area contributed by atoms with Gasteiger partial charge in [0.1, 0.15) is 11.6 Å². The van der Waals surface area contributed by atoms with Crippen molar-refractivity contribution in [1.82, 2.24) is 27.8 Å². The molecule has 0 aliphatic rings. The normalized spacial score (nSPS) is 11.9. The molecule has 0 radical (unpaired) electrons. The number of pyridine rings is 1. The Bertz CT molecular complexity index is 6710. The molecule has 21 aromatic rings. The highest BCUT2D eigenvalue weighted by Crippen LogP contribution is 2.54. The molecule has 0 bridgehead atoms. The van der Waals surface area contributed by atoms with Gasteiger partial charge in [-0.2, -0.15) is 5.26 Å². The van der Waals surface area contributed by atoms with Crippen LogP contribution < -0.4 is 0 Å². The zero-order valence-electron chi connectivity index (χ0n) is 55.7. The van der Waals surface area contributed by atoms with E-state index in [-0.39, 0.29) is 0 Å². The lowest BCUT2D eigenvalue weighted by Crippen LogP contribution is -2.17. The molecule has 0 unspecified atom stereocenters. The molecule has 7 heteroatoms. The lowest BCUT2D eigenvalue weighted by Gasteiger charge is -2.30. The van der Waals surface area contributed by atoms with Crippen LogP contribution in [0.2, 0.25) is 0 Å². The zero-order chi connectivity index (χ0) is 67.8. The van der Waals surface area contributed by atoms with Gasteiger partial charge in [-0.15, -0.1) is 0 Å². The molecule has 0 N–H and O–H groups in total. The molecule has 0 saturated heterocycles. The van der Waals surface area contributed by atoms with Gasteiger partial charge in [0.05, 0.1) is 83.6 Å². The van der Waals surface area contributed by atoms with Crippen molar-refractivity contribution in [2.75, 3.05) is 0 Å². The van der Waals surface area contributed by atoms with E-state index < -0.39 is 0 Å². The van der Waals surface area contributed by atoms with Crippen molar-refractivity contribution in [2.24, 2.45) is 0 Å². The Balaban J connectivity index is 1.06. The standard InChI is InChI=1S/C96H59N7/c97-59-79-93(100-82-40-20-13-33-69(82)75-55-65(45-49-87(75)100)61-25-5-1-6-26-61)95(102-84-42-22-15-35-71(84)77-57-67(47-51-89(77)102)63-29-9-3-10-30-63)92(74-38-18-24-44-86(74)99-81-39-19-17-37-73(81)80-60-98-54-53-91(80)99)96(103-85-43-23-16-36-72(85)78-58-68(48-52-90(78)103)64-31-11-4-12-32-64)94(79)101-83-41-21-14-34-70(83)76-56-66(46-50-88(76)101)62-27-7-2-8-28-62/h1-58,60H. The number of nitriles is 1. The van der Waals surface area contributed by atoms with Gasteiger partial charge in [0.15, 0.2) is 0 Å². The van der Waals surface area contributed by atoms with Crippen LogP contribution in [0, 0.1) is 11.3 Å². The van der Waals surface area contributed by atoms with E-state index >= 15 is 0 Å². The van der Waals surface area contributed by atoms with Gasteiger partial charge in [0, 0.05) is 77.4 Å². The van der Waals surface area contributed by atoms with Crippen molar-refractivity contribution in [3.8, 4) is 90.1 Å². The number of nitrogens with zero attached hydrogens (tertiary/aromatic N) is 7. The Morgan fingerprint density at radius 1 is 0.223 bits per heavy atom. The molecule has 7 nitrogen and oxygen atoms in total. The number of fused-ring (bicyclic) bond motifs is 15. The van der Waals surface area contributed by atoms with Crippen LogP contribution in [0.3, 0.4) is 0 Å². The first-order valence-electron chi connectivity index (χ1n) is 35.1. The molecular formula is C96H59N7. The van der Waals surface area contributed by atoms with Crippen LogP contribution >= 0.6 is 0 Å². The van der Waals surface area contributed by atoms with Gasteiger partial charge in [0.25, 0.3) is 0 Å². The fourth-order valence-corrected chi connectivity index (χ4v) is 17.0. The summed E-state index contributed by atoms with van der Waals surface area (Å²) in [7, 11) is 0. The van der Waals surface area contributed by atoms with E-state index in [1.54, 1.807) is 0 Å². The second kappa shape index (κ2) is 23.0. The van der Waals surface area contributed by atoms with E-state index in [9.17, 15) is 5.26 Å². The van der Waals surface area contributed by atoms with Crippen LogP contribution in [0.5, 0.6) is 0 Å². The van der Waals surface area contributed by atoms with Crippen molar-refractivity contribution >= 4 is 109 Å². The minimum Gasteiger partial charge on any atom is -0.309 e. The number of benzene rings is 15. The molecule has 103 heavy (non-hydrogen) atoms. The summed E-state index contributed by atoms with van der Waals surface area (Å²) in [5.41, 5.74) is 25.1. The summed E-state index contributed by atoms with van der Waals surface area (Å²) >= 11 is 0. The quantitative estimate of drug-likeness (QED) is 0.137. The lowest BCUT2D eigenvalue weighted by molar-refractivity contribution is 1.03. The summed E-state index contributed by atoms with van der Waals surface area (Å²) in [5.74, 6) is 0. The maximum absolute atomic E-state index is 13.7. The minimum atomic E-state index is 0.484. The smallest absolute Gasteiger partial charge is 0.104 e. The lowest BCUT2D eigenvalue weighted by atomic mass is 9.92. The van der Waals surface area contributed by atoms with E-state index in [2.05, 4.69) is 375 Å². The third kappa shape index (κ3) is 8.72. The Morgan fingerprint density at radius 3 is 0.864 bits per heavy atom. The molecule has 0 saturated carbocycles. The monoisotopic (exact) mass is 1310 g/mol. The molecule has 0 spiro atoms. The molecule has 0 aliphatic carbocycles. The maximum Gasteiger partial charge on any atom is 0.104 e. The molecule has 478 valence electrons. The Hall–Kier alpha value is -14.1. The molecule has 0 atom stereocenters. The van der Waals surface area contributed by atoms with Gasteiger partial charge in [-0.05, 0) is 136 Å². The van der Waals surface area contributed by atoms with Crippen LogP contribution in [0.4, 0.5) is 0 Å². The first-order valence-corrected chi connectivity index (χ1v) is 35.1. The Labute approximate surface area is 592 Å². The van der Waals surface area contributed by atoms with Crippen molar-refractivity contribution in [2.45, 2.75) is 0 Å². The predicted molar refractivity (Wildman–Crippen MR) is 428 cm³/mol. The van der Waals surface area contributed by atoms with Crippen molar-refractivity contribution < 1.29 is 0 Å². The first-order chi connectivity index (χ1) is 51.1. The van der Waals surface area contributed by atoms with Gasteiger partial charge >= 0.3 is 0 Å². The maximum atomic E-state index is 13.7. The summed E-state index contributed by atoms with van der Waals surface area (Å²) < 4.78 is 12.4. The summed E-state index contributed by atoms with van der Waals surface area (Å²) in [4.78, 5) is 4.80. The minimum absolute atomic E-state index is 0.484. The molecule has 6 aromatic heterocycles. The molecule has 15 aromatic carbocycles. The largest absolute Gasteiger partial charge is 0.309 e. The summed E-state index contributed by atoms with van der Waals surface area (Å²) in [6.45, 7) is 0. The highest BCUT2D eigenvalue weighted by Gasteiger charge is 2.37. The van der Waals surface area contributed by atoms with Gasteiger partial charge in [0.2, 0.25) is 0 Å². The Kier molecular flexibility index (Phi) is 13.0. The van der Waals surface area contributed by atoms with Gasteiger partial charge in [-0.3, -0.25) is 4.98 Å². The number of hydrogen-bond acceptors (Lipinski definition) is 2. The average molecular weight is 1310 g/mol. The molecule has 21 rings (SSSR count). The van der Waals surface area contributed by atoms with Crippen LogP contribution in [-0.2, 0) is 0 Å². The third-order valence-corrected chi connectivity index (χ3v) is 21.4. The second-order valence-corrected chi connectivity index (χ2v) is 26.8. The van der Waals surface area contributed by atoms with Gasteiger partial charge in [-0.1, -0.05) is 255 Å². The number of hydrogen-bond donors (Lipinski definition) is 0. The van der Waals surface area contributed by atoms with Crippen molar-refractivity contribution in [1.29, 1.82) is 5.26 Å². The topological polar surface area (TPSA) is 61.3 Å². The number of rotatable bonds is 10. The third-order valence-electron chi connectivity index (χ3n) is 21.4. The molecule has 0 amide bonds. The fourth-order valence-electron chi connectivity index (χ4n) is 17.0. The second-order valence-electron chi connectivity index (χ2n) is 26.8. The highest BCUT2D eigenvalue weighted by molar-refractivity contribution is 6.19. The molecular weight excluding hydrogens is 1250 g/mol. The van der Waals surface area contributed by atoms with Crippen LogP contribution in [0.15, 0.2) is 358 Å². The summed E-state index contributed by atoms with van der Waals surface area (Å²) in [6.07, 6.45) is 3.92. The predicted octanol–water partition coefficient (Wildman–Crippen LogP) is 24.8. The SMILES string of the molecule is N#Cc1c(-n2c3ccccc3c3cc(-c4ccccc4)ccc32)c(-n2c3ccccc3c3cc(-c4ccccc4)ccc32)c(-c2ccccc2-n2c3ccccc3c3cnccc32)c(-n2c3ccccc3c3cc(-c4ccccc4)ccc32)c1-n1c2ccccc2c2cc(-c3ccccc3)ccc21. The van der Waals surface area contributed by atoms with Crippen LogP contribution in [-0.4, -0.2) is 27.8 Å². The van der Waals surface area contributed by atoms with E-state index in [1.165, 1.54) is 0 Å². The summed E-state index contributed by atoms with van der Waals surface area (Å²) in [6, 6.07) is 129. The van der Waals surface area contributed by atoms with Crippen LogP contribution in [0.25, 0.3) is 193 Å². The highest BCUT2D eigenvalue weighted by atomic mass is 15.1. The van der Waals surface area contributed by atoms with E-state index in [1.807, 2.05) is 12.4 Å². The number of aromatic nitrogens is 6. The molecule has 0 aliphatic heterocycles. The van der Waals surface area contributed by atoms with Gasteiger partial charge < -0.3 is 22.8 Å². The molecule has 0 fully saturated rings. The van der Waals surface area contributed by atoms with E-state index in [4.69, 9.17) is 4.98 Å². The average Bonchev–Trinajstić information content (AvgIpc) is 1.61. The van der Waals surface area contributed by atoms with Crippen molar-refractivity contribution in [3.63, 3.8) is 0 Å². The number of para-hydroxylation sites is 6. The summed E-state index contributed by atoms with van der Waals surface area (Å²) in [5, 5.41) is 24.4. The van der Waals surface area contributed by atoms with E-state index in [0.717, 1.165) is 193 Å². The Morgan fingerprint density at radius 2 is 0.505 bits per heavy atom. The van der Waals surface area contributed by atoms with E-state index in [0.29, 0.717) is 5.56 Å². The van der Waals surface area contributed by atoms with Gasteiger partial charge in [-0.25, -0.2) is 0 Å². The molecule has 6 heterocycles. The fraction of sp³-hybridized carbons (Fsp3) is 0. The van der Waals surface area contributed by atoms with Crippen molar-refractivity contribution in [3.05, 3.63) is 364 Å². The van der Waals surface area contributed by atoms with Crippen LogP contribution in [0.1, 0.15) is 5.56 Å². The zero-order valence-corrected chi connectivity index (χ0v) is 55.7.